The van der Waals surface area contributed by atoms with Gasteiger partial charge in [-0.3, -0.25) is 0 Å². The van der Waals surface area contributed by atoms with Crippen LogP contribution in [-0.2, 0) is 9.84 Å². The van der Waals surface area contributed by atoms with Crippen molar-refractivity contribution in [2.45, 2.75) is 24.3 Å². The van der Waals surface area contributed by atoms with Gasteiger partial charge in [0.1, 0.15) is 10.7 Å². The van der Waals surface area contributed by atoms with Gasteiger partial charge in [0.2, 0.25) is 0 Å². The molecular formula is C11H18N2O2S2. The Balaban J connectivity index is 2.98. The minimum atomic E-state index is -3.23. The zero-order valence-corrected chi connectivity index (χ0v) is 11.9. The van der Waals surface area contributed by atoms with Gasteiger partial charge in [0.05, 0.1) is 0 Å². The molecule has 0 fully saturated rings. The smallest absolute Gasteiger partial charge is 0.179 e. The minimum absolute atomic E-state index is 0.236. The molecule has 0 aromatic carbocycles. The fraction of sp³-hybridized carbons (Fsp3) is 0.545. The van der Waals surface area contributed by atoms with E-state index in [9.17, 15) is 8.42 Å². The number of hydrogen-bond acceptors (Lipinski definition) is 5. The molecule has 0 saturated heterocycles. The Kier molecular flexibility index (Phi) is 5.27. The molecule has 1 unspecified atom stereocenters. The van der Waals surface area contributed by atoms with Crippen molar-refractivity contribution in [1.82, 2.24) is 4.98 Å². The van der Waals surface area contributed by atoms with Crippen molar-refractivity contribution in [2.75, 3.05) is 23.6 Å². The highest BCUT2D eigenvalue weighted by Crippen LogP contribution is 2.19. The van der Waals surface area contributed by atoms with Gasteiger partial charge in [-0.25, -0.2) is 13.4 Å². The molecule has 1 atom stereocenters. The summed E-state index contributed by atoms with van der Waals surface area (Å²) in [4.78, 5) is 4.38. The predicted octanol–water partition coefficient (Wildman–Crippen LogP) is 2.04. The van der Waals surface area contributed by atoms with Crippen LogP contribution in [0.25, 0.3) is 0 Å². The molecule has 0 aliphatic rings. The van der Waals surface area contributed by atoms with Gasteiger partial charge in [0.15, 0.2) is 9.84 Å². The zero-order chi connectivity index (χ0) is 12.9. The highest BCUT2D eigenvalue weighted by molar-refractivity contribution is 7.98. The molecule has 1 heterocycles. The summed E-state index contributed by atoms with van der Waals surface area (Å²) < 4.78 is 23.2. The molecule has 6 heteroatoms. The van der Waals surface area contributed by atoms with Crippen molar-refractivity contribution in [2.24, 2.45) is 0 Å². The minimum Gasteiger partial charge on any atom is -0.365 e. The number of nitrogens with zero attached hydrogens (tertiary/aromatic N) is 1. The summed E-state index contributed by atoms with van der Waals surface area (Å²) >= 11 is 1.73. The lowest BCUT2D eigenvalue weighted by atomic mass is 10.2. The largest absolute Gasteiger partial charge is 0.365 e. The second-order valence-electron chi connectivity index (χ2n) is 3.83. The Hall–Kier alpha value is -0.750. The van der Waals surface area contributed by atoms with E-state index < -0.39 is 9.84 Å². The molecule has 0 bridgehead atoms. The van der Waals surface area contributed by atoms with Crippen LogP contribution in [0.3, 0.4) is 0 Å². The number of sulfone groups is 1. The Bertz CT molecular complexity index is 460. The van der Waals surface area contributed by atoms with Crippen LogP contribution in [0.1, 0.15) is 13.3 Å². The van der Waals surface area contributed by atoms with Crippen LogP contribution in [0.2, 0.25) is 0 Å². The molecular weight excluding hydrogens is 256 g/mol. The topological polar surface area (TPSA) is 59.1 Å². The number of nitrogens with one attached hydrogen (secondary N) is 1. The maximum absolute atomic E-state index is 11.6. The summed E-state index contributed by atoms with van der Waals surface area (Å²) in [7, 11) is -3.23. The zero-order valence-electron chi connectivity index (χ0n) is 10.3. The summed E-state index contributed by atoms with van der Waals surface area (Å²) in [6, 6.07) is 3.45. The molecule has 96 valence electrons. The first-order valence-electron chi connectivity index (χ1n) is 5.39. The second-order valence-corrected chi connectivity index (χ2v) is 6.72. The standard InChI is InChI=1S/C11H18N2O2S2/c1-4-9(8-16-2)13-11-10(17(3,14)15)6-5-7-12-11/h5-7,9H,4,8H2,1-3H3,(H,12,13). The first kappa shape index (κ1) is 14.3. The molecule has 0 saturated carbocycles. The van der Waals surface area contributed by atoms with Gasteiger partial charge in [-0.1, -0.05) is 6.92 Å². The van der Waals surface area contributed by atoms with Gasteiger partial charge >= 0.3 is 0 Å². The van der Waals surface area contributed by atoms with Gasteiger partial charge in [0.25, 0.3) is 0 Å². The lowest BCUT2D eigenvalue weighted by Crippen LogP contribution is -2.23. The second kappa shape index (κ2) is 6.26. The Morgan fingerprint density at radius 1 is 1.53 bits per heavy atom. The average molecular weight is 274 g/mol. The third kappa shape index (κ3) is 4.20. The van der Waals surface area contributed by atoms with Gasteiger partial charge < -0.3 is 5.32 Å². The van der Waals surface area contributed by atoms with Crippen LogP contribution in [-0.4, -0.2) is 37.7 Å². The maximum atomic E-state index is 11.6. The van der Waals surface area contributed by atoms with Crippen LogP contribution in [0, 0.1) is 0 Å². The third-order valence-corrected chi connectivity index (χ3v) is 4.24. The van der Waals surface area contributed by atoms with E-state index in [0.29, 0.717) is 5.82 Å². The molecule has 1 rings (SSSR count). The number of pyridine rings is 1. The van der Waals surface area contributed by atoms with Crippen LogP contribution in [0.15, 0.2) is 23.2 Å². The molecule has 4 nitrogen and oxygen atoms in total. The summed E-state index contributed by atoms with van der Waals surface area (Å²) in [5.41, 5.74) is 0. The van der Waals surface area contributed by atoms with E-state index in [1.165, 1.54) is 6.26 Å². The summed E-state index contributed by atoms with van der Waals surface area (Å²) in [6.45, 7) is 2.07. The molecule has 1 N–H and O–H groups in total. The Morgan fingerprint density at radius 3 is 2.76 bits per heavy atom. The van der Waals surface area contributed by atoms with Gasteiger partial charge in [0, 0.05) is 24.2 Å². The van der Waals surface area contributed by atoms with Gasteiger partial charge in [-0.2, -0.15) is 11.8 Å². The SMILES string of the molecule is CCC(CSC)Nc1ncccc1S(C)(=O)=O. The molecule has 0 radical (unpaired) electrons. The van der Waals surface area contributed by atoms with E-state index >= 15 is 0 Å². The van der Waals surface area contributed by atoms with Crippen molar-refractivity contribution in [1.29, 1.82) is 0 Å². The summed E-state index contributed by atoms with van der Waals surface area (Å²) in [5.74, 6) is 1.38. The monoisotopic (exact) mass is 274 g/mol. The molecule has 0 spiro atoms. The predicted molar refractivity (Wildman–Crippen MR) is 73.4 cm³/mol. The van der Waals surface area contributed by atoms with E-state index in [1.807, 2.05) is 6.26 Å². The first-order chi connectivity index (χ1) is 7.99. The number of aromatic nitrogens is 1. The van der Waals surface area contributed by atoms with E-state index in [0.717, 1.165) is 12.2 Å². The molecule has 17 heavy (non-hydrogen) atoms. The lowest BCUT2D eigenvalue weighted by Gasteiger charge is -2.17. The molecule has 1 aromatic heterocycles. The average Bonchev–Trinajstić information content (AvgIpc) is 2.27. The molecule has 0 aliphatic heterocycles. The fourth-order valence-electron chi connectivity index (χ4n) is 1.45. The van der Waals surface area contributed by atoms with Crippen LogP contribution in [0.5, 0.6) is 0 Å². The normalized spacial score (nSPS) is 13.4. The van der Waals surface area contributed by atoms with E-state index in [4.69, 9.17) is 0 Å². The summed E-state index contributed by atoms with van der Waals surface area (Å²) in [6.07, 6.45) is 5.76. The van der Waals surface area contributed by atoms with E-state index in [2.05, 4.69) is 17.2 Å². The summed E-state index contributed by atoms with van der Waals surface area (Å²) in [5, 5.41) is 3.19. The number of rotatable bonds is 6. The Morgan fingerprint density at radius 2 is 2.24 bits per heavy atom. The molecule has 0 amide bonds. The number of thioether (sulfide) groups is 1. The van der Waals surface area contributed by atoms with Crippen LogP contribution in [0.4, 0.5) is 5.82 Å². The third-order valence-electron chi connectivity index (χ3n) is 2.37. The van der Waals surface area contributed by atoms with Crippen molar-refractivity contribution in [3.05, 3.63) is 18.3 Å². The number of anilines is 1. The quantitative estimate of drug-likeness (QED) is 0.860. The van der Waals surface area contributed by atoms with Crippen molar-refractivity contribution in [3.8, 4) is 0 Å². The highest BCUT2D eigenvalue weighted by atomic mass is 32.2. The molecule has 1 aromatic rings. The van der Waals surface area contributed by atoms with Gasteiger partial charge in [-0.05, 0) is 24.8 Å². The molecule has 0 aliphatic carbocycles. The van der Waals surface area contributed by atoms with E-state index in [1.54, 1.807) is 30.1 Å². The lowest BCUT2D eigenvalue weighted by molar-refractivity contribution is 0.601. The van der Waals surface area contributed by atoms with Crippen LogP contribution >= 0.6 is 11.8 Å². The van der Waals surface area contributed by atoms with Crippen molar-refractivity contribution >= 4 is 27.4 Å². The Labute approximate surface area is 107 Å². The maximum Gasteiger partial charge on any atom is 0.179 e. The van der Waals surface area contributed by atoms with Crippen molar-refractivity contribution in [3.63, 3.8) is 0 Å². The fourth-order valence-corrected chi connectivity index (χ4v) is 2.96. The van der Waals surface area contributed by atoms with Crippen molar-refractivity contribution < 1.29 is 8.42 Å². The van der Waals surface area contributed by atoms with Crippen LogP contribution < -0.4 is 5.32 Å². The van der Waals surface area contributed by atoms with Gasteiger partial charge in [-0.15, -0.1) is 0 Å². The first-order valence-corrected chi connectivity index (χ1v) is 8.68. The highest BCUT2D eigenvalue weighted by Gasteiger charge is 2.16. The number of hydrogen-bond donors (Lipinski definition) is 1. The van der Waals surface area contributed by atoms with E-state index in [-0.39, 0.29) is 10.9 Å².